The molecule has 0 aliphatic heterocycles. The van der Waals surface area contributed by atoms with Crippen LogP contribution in [0, 0.1) is 5.82 Å². The van der Waals surface area contributed by atoms with E-state index in [9.17, 15) is 13.2 Å². The fourth-order valence-electron chi connectivity index (χ4n) is 1.23. The highest BCUT2D eigenvalue weighted by molar-refractivity contribution is 5.16. The van der Waals surface area contributed by atoms with Gasteiger partial charge in [0.25, 0.3) is 6.43 Å². The van der Waals surface area contributed by atoms with E-state index < -0.39 is 12.5 Å². The topological polar surface area (TPSA) is 12.0 Å². The summed E-state index contributed by atoms with van der Waals surface area (Å²) in [6.07, 6.45) is -1.81. The summed E-state index contributed by atoms with van der Waals surface area (Å²) in [5.41, 5.74) is 0.809. The molecule has 0 fully saturated rings. The number of rotatable bonds is 5. The molecule has 0 radical (unpaired) electrons. The molecular formula is C11H14F3N. The average Bonchev–Trinajstić information content (AvgIpc) is 2.17. The van der Waals surface area contributed by atoms with Crippen LogP contribution in [0.5, 0.6) is 0 Å². The molecule has 4 heteroatoms. The van der Waals surface area contributed by atoms with E-state index in [2.05, 4.69) is 5.32 Å². The summed E-state index contributed by atoms with van der Waals surface area (Å²) in [6.45, 7) is 1.85. The zero-order valence-corrected chi connectivity index (χ0v) is 8.51. The highest BCUT2D eigenvalue weighted by Gasteiger charge is 2.12. The second-order valence-corrected chi connectivity index (χ2v) is 3.46. The molecule has 1 atom stereocenters. The van der Waals surface area contributed by atoms with Gasteiger partial charge in [0, 0.05) is 0 Å². The lowest BCUT2D eigenvalue weighted by atomic mass is 10.1. The predicted molar refractivity (Wildman–Crippen MR) is 53.6 cm³/mol. The van der Waals surface area contributed by atoms with Crippen molar-refractivity contribution in [3.63, 3.8) is 0 Å². The van der Waals surface area contributed by atoms with Gasteiger partial charge < -0.3 is 5.32 Å². The number of hydrogen-bond donors (Lipinski definition) is 1. The van der Waals surface area contributed by atoms with Crippen LogP contribution in [0.2, 0.25) is 0 Å². The van der Waals surface area contributed by atoms with E-state index in [-0.39, 0.29) is 5.82 Å². The molecular weight excluding hydrogens is 203 g/mol. The van der Waals surface area contributed by atoms with E-state index in [1.54, 1.807) is 12.1 Å². The molecule has 1 N–H and O–H groups in total. The Morgan fingerprint density at radius 2 is 2.07 bits per heavy atom. The summed E-state index contributed by atoms with van der Waals surface area (Å²) < 4.78 is 36.9. The maximum absolute atomic E-state index is 12.7. The summed E-state index contributed by atoms with van der Waals surface area (Å²) in [4.78, 5) is 0. The van der Waals surface area contributed by atoms with Gasteiger partial charge in [-0.2, -0.15) is 0 Å². The average molecular weight is 217 g/mol. The molecule has 1 aromatic rings. The molecule has 0 heterocycles. The molecule has 1 nitrogen and oxygen atoms in total. The van der Waals surface area contributed by atoms with Crippen LogP contribution < -0.4 is 5.32 Å². The number of nitrogens with one attached hydrogen (secondary N) is 1. The first-order valence-corrected chi connectivity index (χ1v) is 4.85. The van der Waals surface area contributed by atoms with Gasteiger partial charge in [-0.25, -0.2) is 13.2 Å². The summed E-state index contributed by atoms with van der Waals surface area (Å²) in [6, 6.07) is 5.34. The number of alkyl halides is 2. The van der Waals surface area contributed by atoms with Crippen LogP contribution in [-0.4, -0.2) is 19.0 Å². The quantitative estimate of drug-likeness (QED) is 0.799. The van der Waals surface area contributed by atoms with Crippen LogP contribution in [0.4, 0.5) is 13.2 Å². The van der Waals surface area contributed by atoms with Crippen molar-refractivity contribution in [1.82, 2.24) is 5.32 Å². The van der Waals surface area contributed by atoms with E-state index in [1.165, 1.54) is 19.1 Å². The van der Waals surface area contributed by atoms with Gasteiger partial charge in [-0.1, -0.05) is 12.1 Å². The molecule has 0 bridgehead atoms. The highest BCUT2D eigenvalue weighted by Crippen LogP contribution is 2.04. The van der Waals surface area contributed by atoms with Gasteiger partial charge in [-0.3, -0.25) is 0 Å². The molecule has 1 unspecified atom stereocenters. The van der Waals surface area contributed by atoms with Crippen LogP contribution in [-0.2, 0) is 6.42 Å². The first kappa shape index (κ1) is 12.0. The van der Waals surface area contributed by atoms with Crippen LogP contribution in [0.3, 0.4) is 0 Å². The Kier molecular flexibility index (Phi) is 4.62. The van der Waals surface area contributed by atoms with E-state index in [1.807, 2.05) is 0 Å². The molecule has 0 aromatic heterocycles. The van der Waals surface area contributed by atoms with E-state index >= 15 is 0 Å². The molecule has 0 aliphatic carbocycles. The van der Waals surface area contributed by atoms with Gasteiger partial charge >= 0.3 is 0 Å². The zero-order chi connectivity index (χ0) is 11.3. The molecule has 1 rings (SSSR count). The van der Waals surface area contributed by atoms with E-state index in [0.717, 1.165) is 5.56 Å². The standard InChI is InChI=1S/C11H14F3N/c1-8(11(13)14)15-6-5-9-3-2-4-10(12)7-9/h2-4,7-8,11,15H,5-6H2,1H3. The van der Waals surface area contributed by atoms with Crippen molar-refractivity contribution in [1.29, 1.82) is 0 Å². The normalized spacial score (nSPS) is 13.1. The maximum atomic E-state index is 12.7. The van der Waals surface area contributed by atoms with E-state index in [4.69, 9.17) is 0 Å². The van der Waals surface area contributed by atoms with Gasteiger partial charge in [0.1, 0.15) is 5.82 Å². The second-order valence-electron chi connectivity index (χ2n) is 3.46. The van der Waals surface area contributed by atoms with Crippen molar-refractivity contribution in [2.24, 2.45) is 0 Å². The fraction of sp³-hybridized carbons (Fsp3) is 0.455. The van der Waals surface area contributed by atoms with Crippen LogP contribution in [0.15, 0.2) is 24.3 Å². The third kappa shape index (κ3) is 4.34. The summed E-state index contributed by atoms with van der Waals surface area (Å²) >= 11 is 0. The van der Waals surface area contributed by atoms with Crippen molar-refractivity contribution < 1.29 is 13.2 Å². The largest absolute Gasteiger partial charge is 0.309 e. The Bertz CT molecular complexity index is 302. The summed E-state index contributed by atoms with van der Waals surface area (Å²) in [5.74, 6) is -0.297. The Labute approximate surface area is 87.3 Å². The first-order chi connectivity index (χ1) is 7.09. The van der Waals surface area contributed by atoms with Gasteiger partial charge in [0.05, 0.1) is 6.04 Å². The fourth-order valence-corrected chi connectivity index (χ4v) is 1.23. The molecule has 0 spiro atoms. The SMILES string of the molecule is CC(NCCc1cccc(F)c1)C(F)F. The monoisotopic (exact) mass is 217 g/mol. The van der Waals surface area contributed by atoms with Crippen molar-refractivity contribution >= 4 is 0 Å². The van der Waals surface area contributed by atoms with Crippen molar-refractivity contribution in [2.75, 3.05) is 6.54 Å². The smallest absolute Gasteiger partial charge is 0.253 e. The van der Waals surface area contributed by atoms with Crippen LogP contribution in [0.25, 0.3) is 0 Å². The third-order valence-electron chi connectivity index (χ3n) is 2.15. The highest BCUT2D eigenvalue weighted by atomic mass is 19.3. The minimum absolute atomic E-state index is 0.297. The van der Waals surface area contributed by atoms with Gasteiger partial charge in [-0.05, 0) is 37.6 Å². The molecule has 0 saturated carbocycles. The minimum Gasteiger partial charge on any atom is -0.309 e. The number of halogens is 3. The first-order valence-electron chi connectivity index (χ1n) is 4.85. The second kappa shape index (κ2) is 5.75. The molecule has 0 amide bonds. The Morgan fingerprint density at radius 3 is 2.67 bits per heavy atom. The summed E-state index contributed by atoms with van der Waals surface area (Å²) in [5, 5.41) is 2.68. The third-order valence-corrected chi connectivity index (χ3v) is 2.15. The lowest BCUT2D eigenvalue weighted by Crippen LogP contribution is -2.33. The van der Waals surface area contributed by atoms with Crippen molar-refractivity contribution in [3.8, 4) is 0 Å². The minimum atomic E-state index is -2.36. The molecule has 0 saturated heterocycles. The zero-order valence-electron chi connectivity index (χ0n) is 8.51. The Hall–Kier alpha value is -1.03. The molecule has 0 aliphatic rings. The number of hydrogen-bond acceptors (Lipinski definition) is 1. The van der Waals surface area contributed by atoms with Gasteiger partial charge in [0.2, 0.25) is 0 Å². The van der Waals surface area contributed by atoms with E-state index in [0.29, 0.717) is 13.0 Å². The van der Waals surface area contributed by atoms with Gasteiger partial charge in [0.15, 0.2) is 0 Å². The number of benzene rings is 1. The van der Waals surface area contributed by atoms with Crippen LogP contribution >= 0.6 is 0 Å². The van der Waals surface area contributed by atoms with Crippen molar-refractivity contribution in [3.05, 3.63) is 35.6 Å². The lowest BCUT2D eigenvalue weighted by molar-refractivity contribution is 0.106. The molecule has 1 aromatic carbocycles. The summed E-state index contributed by atoms with van der Waals surface area (Å²) in [7, 11) is 0. The van der Waals surface area contributed by atoms with Crippen LogP contribution in [0.1, 0.15) is 12.5 Å². The predicted octanol–water partition coefficient (Wildman–Crippen LogP) is 2.61. The molecule has 15 heavy (non-hydrogen) atoms. The lowest BCUT2D eigenvalue weighted by Gasteiger charge is -2.12. The van der Waals surface area contributed by atoms with Gasteiger partial charge in [-0.15, -0.1) is 0 Å². The Morgan fingerprint density at radius 1 is 1.33 bits per heavy atom. The maximum Gasteiger partial charge on any atom is 0.253 e. The molecule has 84 valence electrons. The van der Waals surface area contributed by atoms with Crippen molar-refractivity contribution in [2.45, 2.75) is 25.8 Å². The Balaban J connectivity index is 2.32.